The summed E-state index contributed by atoms with van der Waals surface area (Å²) in [5, 5.41) is 7.31. The third kappa shape index (κ3) is 4.83. The number of anilines is 1. The minimum atomic E-state index is -0.0372. The van der Waals surface area contributed by atoms with Gasteiger partial charge >= 0.3 is 0 Å². The van der Waals surface area contributed by atoms with Gasteiger partial charge in [-0.3, -0.25) is 9.69 Å². The summed E-state index contributed by atoms with van der Waals surface area (Å²) < 4.78 is 1.85. The number of benzene rings is 1. The number of nitrogens with one attached hydrogen (secondary N) is 1. The fraction of sp³-hybridized carbons (Fsp3) is 0.364. The van der Waals surface area contributed by atoms with Crippen molar-refractivity contribution in [3.63, 3.8) is 0 Å². The van der Waals surface area contributed by atoms with Crippen molar-refractivity contribution in [2.24, 2.45) is 0 Å². The lowest BCUT2D eigenvalue weighted by atomic mass is 10.2. The van der Waals surface area contributed by atoms with E-state index in [2.05, 4.69) is 30.2 Å². The second kappa shape index (κ2) is 9.49. The number of aryl methyl sites for hydroxylation is 1. The molecule has 1 aromatic carbocycles. The van der Waals surface area contributed by atoms with Crippen LogP contribution >= 0.6 is 0 Å². The maximum atomic E-state index is 12.4. The van der Waals surface area contributed by atoms with Crippen LogP contribution in [-0.4, -0.2) is 69.8 Å². The summed E-state index contributed by atoms with van der Waals surface area (Å²) in [7, 11) is 0. The number of hydrogen-bond donors (Lipinski definition) is 1. The van der Waals surface area contributed by atoms with Crippen molar-refractivity contribution >= 4 is 11.9 Å². The molecule has 0 unspecified atom stereocenters. The molecule has 4 rings (SSSR count). The zero-order valence-corrected chi connectivity index (χ0v) is 17.2. The first-order valence-corrected chi connectivity index (χ1v) is 10.3. The van der Waals surface area contributed by atoms with E-state index in [1.807, 2.05) is 48.0 Å². The lowest BCUT2D eigenvalue weighted by Crippen LogP contribution is -2.47. The normalized spacial score (nSPS) is 14.6. The van der Waals surface area contributed by atoms with Crippen molar-refractivity contribution in [2.75, 3.05) is 44.2 Å². The number of piperazine rings is 1. The second-order valence-electron chi connectivity index (χ2n) is 7.42. The van der Waals surface area contributed by atoms with E-state index in [1.54, 1.807) is 18.6 Å². The van der Waals surface area contributed by atoms with Gasteiger partial charge in [-0.05, 0) is 56.3 Å². The average Bonchev–Trinajstić information content (AvgIpc) is 3.23. The summed E-state index contributed by atoms with van der Waals surface area (Å²) in [4.78, 5) is 25.7. The zero-order valence-electron chi connectivity index (χ0n) is 17.2. The highest BCUT2D eigenvalue weighted by Crippen LogP contribution is 2.12. The van der Waals surface area contributed by atoms with E-state index in [0.717, 1.165) is 56.5 Å². The molecule has 8 heteroatoms. The van der Waals surface area contributed by atoms with Gasteiger partial charge in [0, 0.05) is 62.6 Å². The molecule has 0 aliphatic carbocycles. The largest absolute Gasteiger partial charge is 0.352 e. The van der Waals surface area contributed by atoms with Crippen molar-refractivity contribution in [2.45, 2.75) is 13.3 Å². The third-order valence-electron chi connectivity index (χ3n) is 5.35. The van der Waals surface area contributed by atoms with Gasteiger partial charge in [-0.15, -0.1) is 0 Å². The molecule has 0 saturated carbocycles. The number of amides is 1. The first-order valence-electron chi connectivity index (χ1n) is 10.3. The van der Waals surface area contributed by atoms with Gasteiger partial charge in [0.15, 0.2) is 0 Å². The van der Waals surface area contributed by atoms with Gasteiger partial charge in [0.25, 0.3) is 5.91 Å². The van der Waals surface area contributed by atoms with Crippen molar-refractivity contribution in [3.8, 4) is 5.69 Å². The Morgan fingerprint density at radius 2 is 1.73 bits per heavy atom. The molecule has 2 aromatic heterocycles. The summed E-state index contributed by atoms with van der Waals surface area (Å²) in [5.74, 6) is 0.767. The van der Waals surface area contributed by atoms with Crippen LogP contribution < -0.4 is 10.2 Å². The Morgan fingerprint density at radius 1 is 1.00 bits per heavy atom. The van der Waals surface area contributed by atoms with E-state index in [0.29, 0.717) is 12.1 Å². The Labute approximate surface area is 176 Å². The van der Waals surface area contributed by atoms with E-state index in [4.69, 9.17) is 0 Å². The minimum Gasteiger partial charge on any atom is -0.352 e. The fourth-order valence-electron chi connectivity index (χ4n) is 3.63. The quantitative estimate of drug-likeness (QED) is 0.605. The molecule has 156 valence electrons. The molecule has 1 fully saturated rings. The maximum absolute atomic E-state index is 12.4. The summed E-state index contributed by atoms with van der Waals surface area (Å²) in [6, 6.07) is 11.3. The topological polar surface area (TPSA) is 79.2 Å². The molecular formula is C22H27N7O. The number of aromatic nitrogens is 4. The van der Waals surface area contributed by atoms with Crippen LogP contribution in [0.15, 0.2) is 55.0 Å². The molecule has 1 aliphatic heterocycles. The number of hydrogen-bond acceptors (Lipinski definition) is 6. The Morgan fingerprint density at radius 3 is 2.40 bits per heavy atom. The monoisotopic (exact) mass is 405 g/mol. The van der Waals surface area contributed by atoms with Crippen LogP contribution in [0.25, 0.3) is 5.69 Å². The molecule has 8 nitrogen and oxygen atoms in total. The molecule has 0 radical (unpaired) electrons. The van der Waals surface area contributed by atoms with Crippen LogP contribution in [0.2, 0.25) is 0 Å². The van der Waals surface area contributed by atoms with Crippen molar-refractivity contribution in [1.29, 1.82) is 0 Å². The first-order chi connectivity index (χ1) is 14.7. The molecule has 1 saturated heterocycles. The van der Waals surface area contributed by atoms with E-state index >= 15 is 0 Å². The van der Waals surface area contributed by atoms with Crippen molar-refractivity contribution < 1.29 is 4.79 Å². The Bertz CT molecular complexity index is 947. The predicted molar refractivity (Wildman–Crippen MR) is 116 cm³/mol. The van der Waals surface area contributed by atoms with Gasteiger partial charge in [0.05, 0.1) is 5.69 Å². The van der Waals surface area contributed by atoms with Crippen LogP contribution in [0.4, 0.5) is 5.95 Å². The van der Waals surface area contributed by atoms with Gasteiger partial charge in [-0.2, -0.15) is 5.10 Å². The zero-order chi connectivity index (χ0) is 20.8. The van der Waals surface area contributed by atoms with Crippen LogP contribution in [-0.2, 0) is 0 Å². The SMILES string of the molecule is Cc1ccnn1-c1ccc(C(=O)NCCCN2CCN(c3ncccn3)CC2)cc1. The van der Waals surface area contributed by atoms with Gasteiger partial charge in [0.2, 0.25) is 5.95 Å². The van der Waals surface area contributed by atoms with E-state index in [1.165, 1.54) is 0 Å². The molecule has 3 heterocycles. The predicted octanol–water partition coefficient (Wildman–Crippen LogP) is 1.91. The molecule has 1 N–H and O–H groups in total. The van der Waals surface area contributed by atoms with Gasteiger partial charge in [0.1, 0.15) is 0 Å². The van der Waals surface area contributed by atoms with Crippen LogP contribution in [0, 0.1) is 6.92 Å². The molecule has 0 atom stereocenters. The second-order valence-corrected chi connectivity index (χ2v) is 7.42. The summed E-state index contributed by atoms with van der Waals surface area (Å²) in [5.41, 5.74) is 2.68. The fourth-order valence-corrected chi connectivity index (χ4v) is 3.63. The first kappa shape index (κ1) is 20.0. The summed E-state index contributed by atoms with van der Waals surface area (Å²) >= 11 is 0. The highest BCUT2D eigenvalue weighted by molar-refractivity contribution is 5.94. The van der Waals surface area contributed by atoms with E-state index in [9.17, 15) is 4.79 Å². The molecule has 0 bridgehead atoms. The Hall–Kier alpha value is -3.26. The summed E-state index contributed by atoms with van der Waals surface area (Å²) in [6.07, 6.45) is 6.26. The number of nitrogens with zero attached hydrogens (tertiary/aromatic N) is 6. The summed E-state index contributed by atoms with van der Waals surface area (Å²) in [6.45, 7) is 7.48. The minimum absolute atomic E-state index is 0.0372. The van der Waals surface area contributed by atoms with Gasteiger partial charge in [-0.1, -0.05) is 0 Å². The highest BCUT2D eigenvalue weighted by Gasteiger charge is 2.18. The van der Waals surface area contributed by atoms with E-state index in [-0.39, 0.29) is 5.91 Å². The number of carbonyl (C=O) groups is 1. The highest BCUT2D eigenvalue weighted by atomic mass is 16.1. The maximum Gasteiger partial charge on any atom is 0.251 e. The molecule has 30 heavy (non-hydrogen) atoms. The average molecular weight is 406 g/mol. The van der Waals surface area contributed by atoms with Crippen molar-refractivity contribution in [1.82, 2.24) is 30.0 Å². The van der Waals surface area contributed by atoms with Crippen LogP contribution in [0.5, 0.6) is 0 Å². The smallest absolute Gasteiger partial charge is 0.251 e. The van der Waals surface area contributed by atoms with Gasteiger partial charge in [-0.25, -0.2) is 14.6 Å². The number of carbonyl (C=O) groups excluding carboxylic acids is 1. The van der Waals surface area contributed by atoms with Crippen LogP contribution in [0.3, 0.4) is 0 Å². The van der Waals surface area contributed by atoms with Crippen LogP contribution in [0.1, 0.15) is 22.5 Å². The standard InChI is InChI=1S/C22H27N7O/c1-18-8-12-26-29(18)20-6-4-19(5-7-20)21(30)23-11-3-13-27-14-16-28(17-15-27)22-24-9-2-10-25-22/h2,4-10,12H,3,11,13-17H2,1H3,(H,23,30). The number of rotatable bonds is 7. The molecule has 0 spiro atoms. The van der Waals surface area contributed by atoms with Crippen molar-refractivity contribution in [3.05, 3.63) is 66.2 Å². The molecule has 1 aliphatic rings. The van der Waals surface area contributed by atoms with Gasteiger partial charge < -0.3 is 10.2 Å². The Balaban J connectivity index is 1.17. The lowest BCUT2D eigenvalue weighted by Gasteiger charge is -2.34. The molecular weight excluding hydrogens is 378 g/mol. The Kier molecular flexibility index (Phi) is 6.34. The lowest BCUT2D eigenvalue weighted by molar-refractivity contribution is 0.0951. The third-order valence-corrected chi connectivity index (χ3v) is 5.35. The van der Waals surface area contributed by atoms with E-state index < -0.39 is 0 Å². The molecule has 1 amide bonds. The molecule has 3 aromatic rings.